The predicted octanol–water partition coefficient (Wildman–Crippen LogP) is 4.02. The standard InChI is InChI=1S/C21H21BrN2O3/c1-12-8-13(2)18(14(3)9-12)17(25)11-24-19(26)21(4,23-20(24)27)15-6-5-7-16(22)10-15/h5-10H,11H2,1-4H3,(H,23,27). The van der Waals surface area contributed by atoms with E-state index in [9.17, 15) is 14.4 Å². The van der Waals surface area contributed by atoms with Gasteiger partial charge in [0.05, 0.1) is 6.54 Å². The molecule has 1 heterocycles. The van der Waals surface area contributed by atoms with Crippen molar-refractivity contribution in [1.29, 1.82) is 0 Å². The van der Waals surface area contributed by atoms with Crippen LogP contribution in [0.5, 0.6) is 0 Å². The van der Waals surface area contributed by atoms with Crippen LogP contribution in [-0.2, 0) is 10.3 Å². The number of aryl methyl sites for hydroxylation is 3. The van der Waals surface area contributed by atoms with Gasteiger partial charge in [0.1, 0.15) is 5.54 Å². The topological polar surface area (TPSA) is 66.5 Å². The zero-order chi connectivity index (χ0) is 19.9. The van der Waals surface area contributed by atoms with E-state index in [4.69, 9.17) is 0 Å². The number of carbonyl (C=O) groups excluding carboxylic acids is 3. The third-order valence-corrected chi connectivity index (χ3v) is 5.43. The zero-order valence-electron chi connectivity index (χ0n) is 15.7. The minimum absolute atomic E-state index is 0.244. The lowest BCUT2D eigenvalue weighted by molar-refractivity contribution is -0.130. The van der Waals surface area contributed by atoms with Crippen molar-refractivity contribution in [1.82, 2.24) is 10.2 Å². The van der Waals surface area contributed by atoms with Gasteiger partial charge in [-0.25, -0.2) is 4.79 Å². The fourth-order valence-electron chi connectivity index (χ4n) is 3.68. The molecule has 2 aromatic rings. The number of rotatable bonds is 4. The number of benzene rings is 2. The number of carbonyl (C=O) groups is 3. The smallest absolute Gasteiger partial charge is 0.319 e. The van der Waals surface area contributed by atoms with Crippen molar-refractivity contribution >= 4 is 33.7 Å². The molecular weight excluding hydrogens is 408 g/mol. The van der Waals surface area contributed by atoms with Crippen molar-refractivity contribution in [3.05, 3.63) is 68.7 Å². The van der Waals surface area contributed by atoms with Gasteiger partial charge in [0, 0.05) is 10.0 Å². The molecule has 0 aliphatic carbocycles. The highest BCUT2D eigenvalue weighted by Gasteiger charge is 2.49. The number of amides is 3. The van der Waals surface area contributed by atoms with E-state index in [-0.39, 0.29) is 12.3 Å². The Hall–Kier alpha value is -2.47. The summed E-state index contributed by atoms with van der Waals surface area (Å²) >= 11 is 3.38. The molecular formula is C21H21BrN2O3. The summed E-state index contributed by atoms with van der Waals surface area (Å²) in [4.78, 5) is 39.4. The number of hydrogen-bond acceptors (Lipinski definition) is 3. The number of imide groups is 1. The maximum atomic E-state index is 13.0. The quantitative estimate of drug-likeness (QED) is 0.590. The van der Waals surface area contributed by atoms with Crippen LogP contribution in [-0.4, -0.2) is 29.2 Å². The SMILES string of the molecule is Cc1cc(C)c(C(=O)CN2C(=O)NC(C)(c3cccc(Br)c3)C2=O)c(C)c1. The Morgan fingerprint density at radius 2 is 1.74 bits per heavy atom. The van der Waals surface area contributed by atoms with Gasteiger partial charge in [0.15, 0.2) is 5.78 Å². The average Bonchev–Trinajstić information content (AvgIpc) is 2.78. The number of hydrogen-bond donors (Lipinski definition) is 1. The summed E-state index contributed by atoms with van der Waals surface area (Å²) < 4.78 is 0.809. The molecule has 27 heavy (non-hydrogen) atoms. The van der Waals surface area contributed by atoms with Gasteiger partial charge >= 0.3 is 6.03 Å². The van der Waals surface area contributed by atoms with E-state index < -0.39 is 17.5 Å². The predicted molar refractivity (Wildman–Crippen MR) is 107 cm³/mol. The molecule has 0 saturated carbocycles. The molecule has 3 amide bonds. The molecule has 0 aromatic heterocycles. The molecule has 6 heteroatoms. The molecule has 1 unspecified atom stereocenters. The highest BCUT2D eigenvalue weighted by molar-refractivity contribution is 9.10. The highest BCUT2D eigenvalue weighted by Crippen LogP contribution is 2.30. The highest BCUT2D eigenvalue weighted by atomic mass is 79.9. The monoisotopic (exact) mass is 428 g/mol. The molecule has 3 rings (SSSR count). The number of nitrogens with zero attached hydrogens (tertiary/aromatic N) is 1. The summed E-state index contributed by atoms with van der Waals surface area (Å²) in [7, 11) is 0. The van der Waals surface area contributed by atoms with Crippen molar-refractivity contribution in [2.45, 2.75) is 33.2 Å². The first-order valence-electron chi connectivity index (χ1n) is 8.64. The molecule has 1 fully saturated rings. The first-order valence-corrected chi connectivity index (χ1v) is 9.44. The van der Waals surface area contributed by atoms with E-state index in [1.54, 1.807) is 25.1 Å². The lowest BCUT2D eigenvalue weighted by Crippen LogP contribution is -2.41. The lowest BCUT2D eigenvalue weighted by atomic mass is 9.92. The minimum atomic E-state index is -1.20. The Morgan fingerprint density at radius 1 is 1.11 bits per heavy atom. The number of halogens is 1. The Balaban J connectivity index is 1.90. The first kappa shape index (κ1) is 19.3. The van der Waals surface area contributed by atoms with Crippen molar-refractivity contribution in [2.75, 3.05) is 6.54 Å². The van der Waals surface area contributed by atoms with Crippen LogP contribution in [0.3, 0.4) is 0 Å². The van der Waals surface area contributed by atoms with Crippen LogP contribution in [0, 0.1) is 20.8 Å². The van der Waals surface area contributed by atoms with E-state index in [2.05, 4.69) is 21.2 Å². The molecule has 1 aliphatic heterocycles. The van der Waals surface area contributed by atoms with Crippen LogP contribution in [0.4, 0.5) is 4.79 Å². The van der Waals surface area contributed by atoms with Crippen LogP contribution in [0.2, 0.25) is 0 Å². The molecule has 5 nitrogen and oxygen atoms in total. The molecule has 1 atom stereocenters. The summed E-state index contributed by atoms with van der Waals surface area (Å²) in [6.07, 6.45) is 0. The Labute approximate surface area is 166 Å². The van der Waals surface area contributed by atoms with Gasteiger partial charge in [-0.05, 0) is 56.5 Å². The third-order valence-electron chi connectivity index (χ3n) is 4.93. The zero-order valence-corrected chi connectivity index (χ0v) is 17.3. The van der Waals surface area contributed by atoms with Crippen LogP contribution >= 0.6 is 15.9 Å². The molecule has 2 aromatic carbocycles. The maximum Gasteiger partial charge on any atom is 0.325 e. The molecule has 1 aliphatic rings. The fourth-order valence-corrected chi connectivity index (χ4v) is 4.08. The normalized spacial score (nSPS) is 19.4. The second kappa shape index (κ2) is 6.93. The molecule has 1 saturated heterocycles. The van der Waals surface area contributed by atoms with E-state index >= 15 is 0 Å². The Kier molecular flexibility index (Phi) is 4.95. The van der Waals surface area contributed by atoms with Gasteiger partial charge in [-0.1, -0.05) is 45.8 Å². The van der Waals surface area contributed by atoms with Crippen LogP contribution in [0.1, 0.15) is 39.5 Å². The van der Waals surface area contributed by atoms with Crippen LogP contribution in [0.25, 0.3) is 0 Å². The van der Waals surface area contributed by atoms with E-state index in [1.807, 2.05) is 39.0 Å². The van der Waals surface area contributed by atoms with Crippen LogP contribution in [0.15, 0.2) is 40.9 Å². The third kappa shape index (κ3) is 3.41. The Morgan fingerprint density at radius 3 is 2.33 bits per heavy atom. The van der Waals surface area contributed by atoms with Gasteiger partial charge in [-0.3, -0.25) is 14.5 Å². The summed E-state index contributed by atoms with van der Waals surface area (Å²) in [5.74, 6) is -0.673. The summed E-state index contributed by atoms with van der Waals surface area (Å²) in [6.45, 7) is 7.07. The first-order chi connectivity index (χ1) is 12.6. The van der Waals surface area contributed by atoms with Crippen molar-refractivity contribution < 1.29 is 14.4 Å². The second-order valence-electron chi connectivity index (χ2n) is 7.15. The van der Waals surface area contributed by atoms with Crippen molar-refractivity contribution in [3.63, 3.8) is 0 Å². The number of nitrogens with one attached hydrogen (secondary N) is 1. The van der Waals surface area contributed by atoms with Gasteiger partial charge in [0.2, 0.25) is 0 Å². The lowest BCUT2D eigenvalue weighted by Gasteiger charge is -2.22. The average molecular weight is 429 g/mol. The molecule has 140 valence electrons. The molecule has 1 N–H and O–H groups in total. The van der Waals surface area contributed by atoms with E-state index in [1.165, 1.54) is 0 Å². The minimum Gasteiger partial charge on any atom is -0.319 e. The van der Waals surface area contributed by atoms with Gasteiger partial charge < -0.3 is 5.32 Å². The summed E-state index contributed by atoms with van der Waals surface area (Å²) in [5.41, 5.74) is 2.79. The second-order valence-corrected chi connectivity index (χ2v) is 8.07. The fraction of sp³-hybridized carbons (Fsp3) is 0.286. The summed E-state index contributed by atoms with van der Waals surface area (Å²) in [6, 6.07) is 10.5. The van der Waals surface area contributed by atoms with Gasteiger partial charge in [-0.2, -0.15) is 0 Å². The maximum absolute atomic E-state index is 13.0. The molecule has 0 radical (unpaired) electrons. The summed E-state index contributed by atoms with van der Waals surface area (Å²) in [5, 5.41) is 2.73. The Bertz CT molecular complexity index is 947. The van der Waals surface area contributed by atoms with Gasteiger partial charge in [0.25, 0.3) is 5.91 Å². The largest absolute Gasteiger partial charge is 0.325 e. The van der Waals surface area contributed by atoms with Crippen molar-refractivity contribution in [2.24, 2.45) is 0 Å². The van der Waals surface area contributed by atoms with Crippen molar-refractivity contribution in [3.8, 4) is 0 Å². The van der Waals surface area contributed by atoms with E-state index in [0.29, 0.717) is 11.1 Å². The van der Waals surface area contributed by atoms with Crippen LogP contribution < -0.4 is 5.32 Å². The number of urea groups is 1. The van der Waals surface area contributed by atoms with Gasteiger partial charge in [-0.15, -0.1) is 0 Å². The molecule has 0 bridgehead atoms. The molecule has 0 spiro atoms. The number of ketones is 1. The number of Topliss-reactive ketones (excluding diaryl/α,β-unsaturated/α-hetero) is 1. The van der Waals surface area contributed by atoms with E-state index in [0.717, 1.165) is 26.1 Å².